The van der Waals surface area contributed by atoms with E-state index in [1.54, 1.807) is 30.3 Å². The lowest BCUT2D eigenvalue weighted by Crippen LogP contribution is -2.33. The SMILES string of the molecule is O=c1[nH]c2ccc([N+](=O)[O-])cc2c(=O)n1-c1ccccc1. The lowest BCUT2D eigenvalue weighted by molar-refractivity contribution is -0.384. The van der Waals surface area contributed by atoms with Gasteiger partial charge in [-0.05, 0) is 18.2 Å². The molecule has 0 aliphatic rings. The largest absolute Gasteiger partial charge is 0.333 e. The van der Waals surface area contributed by atoms with Crippen LogP contribution in [0.2, 0.25) is 0 Å². The molecule has 0 saturated heterocycles. The fourth-order valence-corrected chi connectivity index (χ4v) is 2.13. The number of nitrogens with one attached hydrogen (secondary N) is 1. The van der Waals surface area contributed by atoms with Crippen molar-refractivity contribution in [3.8, 4) is 5.69 Å². The molecule has 0 atom stereocenters. The molecule has 7 heteroatoms. The summed E-state index contributed by atoms with van der Waals surface area (Å²) in [5.41, 5.74) is -0.720. The predicted octanol–water partition coefficient (Wildman–Crippen LogP) is 1.59. The molecule has 21 heavy (non-hydrogen) atoms. The van der Waals surface area contributed by atoms with Gasteiger partial charge in [0.05, 0.1) is 21.5 Å². The van der Waals surface area contributed by atoms with Crippen molar-refractivity contribution in [2.45, 2.75) is 0 Å². The van der Waals surface area contributed by atoms with Gasteiger partial charge in [-0.25, -0.2) is 9.36 Å². The molecule has 0 fully saturated rings. The first-order valence-electron chi connectivity index (χ1n) is 6.07. The number of para-hydroxylation sites is 1. The Hall–Kier alpha value is -3.22. The zero-order chi connectivity index (χ0) is 15.0. The minimum atomic E-state index is -0.594. The van der Waals surface area contributed by atoms with Crippen LogP contribution in [0.25, 0.3) is 16.6 Å². The highest BCUT2D eigenvalue weighted by atomic mass is 16.6. The fraction of sp³-hybridized carbons (Fsp3) is 0. The standard InChI is InChI=1S/C14H9N3O4/c18-13-11-8-10(17(20)21)6-7-12(11)15-14(19)16(13)9-4-2-1-3-5-9/h1-8H,(H,15,19). The number of hydrogen-bond acceptors (Lipinski definition) is 4. The Labute approximate surface area is 117 Å². The molecule has 0 bridgehead atoms. The van der Waals surface area contributed by atoms with E-state index in [2.05, 4.69) is 4.98 Å². The lowest BCUT2D eigenvalue weighted by Gasteiger charge is -2.05. The minimum Gasteiger partial charge on any atom is -0.306 e. The summed E-state index contributed by atoms with van der Waals surface area (Å²) < 4.78 is 0.950. The van der Waals surface area contributed by atoms with Crippen molar-refractivity contribution in [2.24, 2.45) is 0 Å². The van der Waals surface area contributed by atoms with Gasteiger partial charge in [0.2, 0.25) is 0 Å². The Morgan fingerprint density at radius 3 is 2.43 bits per heavy atom. The number of aromatic nitrogens is 2. The number of aromatic amines is 1. The second kappa shape index (κ2) is 4.71. The van der Waals surface area contributed by atoms with E-state index < -0.39 is 16.2 Å². The highest BCUT2D eigenvalue weighted by molar-refractivity contribution is 5.80. The van der Waals surface area contributed by atoms with Gasteiger partial charge in [-0.1, -0.05) is 18.2 Å². The number of non-ortho nitro benzene ring substituents is 1. The van der Waals surface area contributed by atoms with Gasteiger partial charge in [-0.2, -0.15) is 0 Å². The molecule has 1 aromatic heterocycles. The van der Waals surface area contributed by atoms with Crippen LogP contribution in [0.5, 0.6) is 0 Å². The second-order valence-corrected chi connectivity index (χ2v) is 4.39. The van der Waals surface area contributed by atoms with Gasteiger partial charge < -0.3 is 4.98 Å². The van der Waals surface area contributed by atoms with Crippen LogP contribution in [0.1, 0.15) is 0 Å². The molecule has 1 heterocycles. The normalized spacial score (nSPS) is 10.7. The number of nitro groups is 1. The first kappa shape index (κ1) is 12.8. The highest BCUT2D eigenvalue weighted by Gasteiger charge is 2.13. The van der Waals surface area contributed by atoms with E-state index in [0.29, 0.717) is 5.69 Å². The smallest absolute Gasteiger partial charge is 0.306 e. The molecule has 0 aliphatic carbocycles. The van der Waals surface area contributed by atoms with E-state index in [-0.39, 0.29) is 16.6 Å². The highest BCUT2D eigenvalue weighted by Crippen LogP contribution is 2.16. The van der Waals surface area contributed by atoms with E-state index in [4.69, 9.17) is 0 Å². The summed E-state index contributed by atoms with van der Waals surface area (Å²) in [5.74, 6) is 0. The quantitative estimate of drug-likeness (QED) is 0.570. The van der Waals surface area contributed by atoms with E-state index in [0.717, 1.165) is 10.6 Å². The molecular formula is C14H9N3O4. The number of nitro benzene ring substituents is 1. The van der Waals surface area contributed by atoms with Crippen LogP contribution >= 0.6 is 0 Å². The number of benzene rings is 2. The topological polar surface area (TPSA) is 98.0 Å². The van der Waals surface area contributed by atoms with Gasteiger partial charge in [0, 0.05) is 12.1 Å². The number of rotatable bonds is 2. The number of hydrogen-bond donors (Lipinski definition) is 1. The zero-order valence-electron chi connectivity index (χ0n) is 10.6. The summed E-state index contributed by atoms with van der Waals surface area (Å²) in [5, 5.41) is 10.9. The third-order valence-corrected chi connectivity index (χ3v) is 3.11. The molecule has 1 N–H and O–H groups in total. The van der Waals surface area contributed by atoms with Crippen LogP contribution in [-0.2, 0) is 0 Å². The molecule has 3 aromatic rings. The molecule has 0 radical (unpaired) electrons. The first-order valence-corrected chi connectivity index (χ1v) is 6.07. The van der Waals surface area contributed by atoms with Gasteiger partial charge in [0.15, 0.2) is 0 Å². The maximum absolute atomic E-state index is 12.4. The van der Waals surface area contributed by atoms with Crippen molar-refractivity contribution >= 4 is 16.6 Å². The Kier molecular flexibility index (Phi) is 2.87. The van der Waals surface area contributed by atoms with Gasteiger partial charge >= 0.3 is 5.69 Å². The van der Waals surface area contributed by atoms with E-state index in [9.17, 15) is 19.7 Å². The summed E-state index contributed by atoms with van der Waals surface area (Å²) >= 11 is 0. The van der Waals surface area contributed by atoms with Crippen molar-refractivity contribution in [1.29, 1.82) is 0 Å². The predicted molar refractivity (Wildman–Crippen MR) is 76.8 cm³/mol. The molecule has 0 aliphatic heterocycles. The minimum absolute atomic E-state index is 0.0904. The Bertz CT molecular complexity index is 957. The van der Waals surface area contributed by atoms with Crippen LogP contribution in [-0.4, -0.2) is 14.5 Å². The van der Waals surface area contributed by atoms with Crippen molar-refractivity contribution in [1.82, 2.24) is 9.55 Å². The maximum atomic E-state index is 12.4. The lowest BCUT2D eigenvalue weighted by atomic mass is 10.2. The van der Waals surface area contributed by atoms with Crippen molar-refractivity contribution in [3.05, 3.63) is 79.5 Å². The molecule has 3 rings (SSSR count). The van der Waals surface area contributed by atoms with Crippen LogP contribution < -0.4 is 11.2 Å². The van der Waals surface area contributed by atoms with Crippen LogP contribution in [0.15, 0.2) is 58.1 Å². The number of nitrogens with zero attached hydrogens (tertiary/aromatic N) is 2. The van der Waals surface area contributed by atoms with E-state index in [1.165, 1.54) is 12.1 Å². The van der Waals surface area contributed by atoms with Gasteiger partial charge in [-0.15, -0.1) is 0 Å². The van der Waals surface area contributed by atoms with Crippen LogP contribution in [0.4, 0.5) is 5.69 Å². The number of fused-ring (bicyclic) bond motifs is 1. The summed E-state index contributed by atoms with van der Waals surface area (Å²) in [7, 11) is 0. The molecule has 0 amide bonds. The third-order valence-electron chi connectivity index (χ3n) is 3.11. The Morgan fingerprint density at radius 1 is 1.05 bits per heavy atom. The fourth-order valence-electron chi connectivity index (χ4n) is 2.13. The number of H-pyrrole nitrogens is 1. The van der Waals surface area contributed by atoms with Gasteiger partial charge in [0.1, 0.15) is 0 Å². The molecule has 0 saturated carbocycles. The van der Waals surface area contributed by atoms with Crippen molar-refractivity contribution in [3.63, 3.8) is 0 Å². The molecule has 2 aromatic carbocycles. The monoisotopic (exact) mass is 283 g/mol. The van der Waals surface area contributed by atoms with Gasteiger partial charge in [0.25, 0.3) is 11.2 Å². The third kappa shape index (κ3) is 2.10. The average molecular weight is 283 g/mol. The Balaban J connectivity index is 2.39. The average Bonchev–Trinajstić information content (AvgIpc) is 2.48. The molecule has 0 spiro atoms. The Morgan fingerprint density at radius 2 is 1.76 bits per heavy atom. The van der Waals surface area contributed by atoms with E-state index in [1.807, 2.05) is 0 Å². The molecule has 7 nitrogen and oxygen atoms in total. The van der Waals surface area contributed by atoms with Gasteiger partial charge in [-0.3, -0.25) is 14.9 Å². The summed E-state index contributed by atoms with van der Waals surface area (Å²) in [6.07, 6.45) is 0. The van der Waals surface area contributed by atoms with Crippen molar-refractivity contribution < 1.29 is 4.92 Å². The summed E-state index contributed by atoms with van der Waals surface area (Å²) in [6.45, 7) is 0. The summed E-state index contributed by atoms with van der Waals surface area (Å²) in [6, 6.07) is 12.1. The maximum Gasteiger partial charge on any atom is 0.333 e. The zero-order valence-corrected chi connectivity index (χ0v) is 10.6. The summed E-state index contributed by atoms with van der Waals surface area (Å²) in [4.78, 5) is 37.3. The van der Waals surface area contributed by atoms with Crippen molar-refractivity contribution in [2.75, 3.05) is 0 Å². The molecule has 104 valence electrons. The second-order valence-electron chi connectivity index (χ2n) is 4.39. The molecule has 0 unspecified atom stereocenters. The van der Waals surface area contributed by atoms with Crippen LogP contribution in [0.3, 0.4) is 0 Å². The van der Waals surface area contributed by atoms with Crippen LogP contribution in [0, 0.1) is 10.1 Å². The van der Waals surface area contributed by atoms with E-state index >= 15 is 0 Å². The first-order chi connectivity index (χ1) is 10.1. The molecular weight excluding hydrogens is 274 g/mol.